The average molecular weight is 384 g/mol. The summed E-state index contributed by atoms with van der Waals surface area (Å²) >= 11 is 0. The Morgan fingerprint density at radius 3 is 2.33 bits per heavy atom. The van der Waals surface area contributed by atoms with Crippen LogP contribution in [0, 0.1) is 5.82 Å². The van der Waals surface area contributed by atoms with Crippen LogP contribution in [0.2, 0.25) is 0 Å². The summed E-state index contributed by atoms with van der Waals surface area (Å²) in [6.45, 7) is 0.444. The average Bonchev–Trinajstić information content (AvgIpc) is 2.85. The number of rotatable bonds is 4. The molecule has 148 valence electrons. The molecule has 1 N–H and O–H groups in total. The SMILES string of the molecule is CN(C)C1(CNc2nc(C(F)(F)F)nc3ccc(F)cc23)CCCCCC1. The van der Waals surface area contributed by atoms with Crippen LogP contribution in [-0.4, -0.2) is 41.0 Å². The van der Waals surface area contributed by atoms with Crippen molar-refractivity contribution in [1.82, 2.24) is 14.9 Å². The van der Waals surface area contributed by atoms with Gasteiger partial charge < -0.3 is 10.2 Å². The molecule has 0 saturated heterocycles. The molecule has 1 aliphatic rings. The summed E-state index contributed by atoms with van der Waals surface area (Å²) in [4.78, 5) is 9.38. The number of anilines is 1. The van der Waals surface area contributed by atoms with Crippen LogP contribution in [0.1, 0.15) is 44.3 Å². The Balaban J connectivity index is 1.98. The molecule has 0 aliphatic heterocycles. The molecule has 1 fully saturated rings. The molecule has 1 aromatic carbocycles. The molecule has 1 heterocycles. The molecular formula is C19H24F4N4. The lowest BCUT2D eigenvalue weighted by atomic mass is 9.88. The molecule has 1 aliphatic carbocycles. The minimum absolute atomic E-state index is 0.0253. The molecule has 8 heteroatoms. The van der Waals surface area contributed by atoms with Gasteiger partial charge in [-0.2, -0.15) is 13.2 Å². The summed E-state index contributed by atoms with van der Waals surface area (Å²) < 4.78 is 53.3. The second-order valence-corrected chi connectivity index (χ2v) is 7.44. The van der Waals surface area contributed by atoms with Gasteiger partial charge in [-0.25, -0.2) is 14.4 Å². The van der Waals surface area contributed by atoms with E-state index >= 15 is 0 Å². The number of fused-ring (bicyclic) bond motifs is 1. The molecule has 0 atom stereocenters. The van der Waals surface area contributed by atoms with Crippen LogP contribution in [0.4, 0.5) is 23.4 Å². The van der Waals surface area contributed by atoms with Crippen molar-refractivity contribution < 1.29 is 17.6 Å². The predicted octanol–water partition coefficient (Wildman–Crippen LogP) is 4.85. The van der Waals surface area contributed by atoms with E-state index in [1.807, 2.05) is 14.1 Å². The Bertz CT molecular complexity index is 796. The maximum atomic E-state index is 13.7. The summed E-state index contributed by atoms with van der Waals surface area (Å²) in [5, 5.41) is 3.34. The Morgan fingerprint density at radius 1 is 1.07 bits per heavy atom. The van der Waals surface area contributed by atoms with Crippen molar-refractivity contribution in [1.29, 1.82) is 0 Å². The van der Waals surface area contributed by atoms with Crippen LogP contribution in [0.3, 0.4) is 0 Å². The van der Waals surface area contributed by atoms with Gasteiger partial charge in [-0.3, -0.25) is 0 Å². The zero-order chi connectivity index (χ0) is 19.7. The summed E-state index contributed by atoms with van der Waals surface area (Å²) in [5.41, 5.74) is -0.0968. The molecule has 1 aromatic heterocycles. The first kappa shape index (κ1) is 19.8. The molecule has 2 aromatic rings. The number of halogens is 4. The topological polar surface area (TPSA) is 41.0 Å². The van der Waals surface area contributed by atoms with E-state index in [1.165, 1.54) is 12.1 Å². The smallest absolute Gasteiger partial charge is 0.368 e. The lowest BCUT2D eigenvalue weighted by Gasteiger charge is -2.40. The third-order valence-corrected chi connectivity index (χ3v) is 5.48. The number of nitrogens with zero attached hydrogens (tertiary/aromatic N) is 3. The van der Waals surface area contributed by atoms with Gasteiger partial charge in [0, 0.05) is 17.5 Å². The second kappa shape index (κ2) is 7.58. The third-order valence-electron chi connectivity index (χ3n) is 5.48. The molecule has 1 saturated carbocycles. The van der Waals surface area contributed by atoms with Gasteiger partial charge in [0.05, 0.1) is 5.52 Å². The van der Waals surface area contributed by atoms with Crippen molar-refractivity contribution in [2.75, 3.05) is 26.0 Å². The standard InChI is InChI=1S/C19H24F4N4/c1-27(2)18(9-5-3-4-6-10-18)12-24-16-14-11-13(20)7-8-15(14)25-17(26-16)19(21,22)23/h7-8,11H,3-6,9-10,12H2,1-2H3,(H,24,25,26). The molecule has 0 radical (unpaired) electrons. The third kappa shape index (κ3) is 4.31. The van der Waals surface area contributed by atoms with E-state index in [0.717, 1.165) is 44.6 Å². The number of hydrogen-bond acceptors (Lipinski definition) is 4. The molecule has 3 rings (SSSR count). The number of aromatic nitrogens is 2. The van der Waals surface area contributed by atoms with Gasteiger partial charge in [0.15, 0.2) is 0 Å². The molecule has 0 spiro atoms. The lowest BCUT2D eigenvalue weighted by Crippen LogP contribution is -2.49. The maximum absolute atomic E-state index is 13.7. The first-order valence-corrected chi connectivity index (χ1v) is 9.17. The first-order valence-electron chi connectivity index (χ1n) is 9.17. The normalized spacial score (nSPS) is 17.9. The summed E-state index contributed by atoms with van der Waals surface area (Å²) in [7, 11) is 3.98. The zero-order valence-corrected chi connectivity index (χ0v) is 15.5. The van der Waals surface area contributed by atoms with Crippen LogP contribution in [0.5, 0.6) is 0 Å². The number of likely N-dealkylation sites (N-methyl/N-ethyl adjacent to an activating group) is 1. The minimum atomic E-state index is -4.67. The molecule has 0 amide bonds. The van der Waals surface area contributed by atoms with E-state index in [4.69, 9.17) is 0 Å². The van der Waals surface area contributed by atoms with Crippen LogP contribution in [0.15, 0.2) is 18.2 Å². The van der Waals surface area contributed by atoms with Crippen molar-refractivity contribution in [2.45, 2.75) is 50.2 Å². The van der Waals surface area contributed by atoms with Crippen LogP contribution in [-0.2, 0) is 6.18 Å². The predicted molar refractivity (Wildman–Crippen MR) is 97.1 cm³/mol. The van der Waals surface area contributed by atoms with Crippen LogP contribution < -0.4 is 5.32 Å². The fraction of sp³-hybridized carbons (Fsp3) is 0.579. The maximum Gasteiger partial charge on any atom is 0.451 e. The van der Waals surface area contributed by atoms with Crippen molar-refractivity contribution in [3.8, 4) is 0 Å². The van der Waals surface area contributed by atoms with Crippen molar-refractivity contribution in [2.24, 2.45) is 0 Å². The van der Waals surface area contributed by atoms with E-state index in [2.05, 4.69) is 20.2 Å². The highest BCUT2D eigenvalue weighted by Crippen LogP contribution is 2.34. The molecule has 27 heavy (non-hydrogen) atoms. The lowest BCUT2D eigenvalue weighted by molar-refractivity contribution is -0.144. The van der Waals surface area contributed by atoms with Crippen LogP contribution >= 0.6 is 0 Å². The number of benzene rings is 1. The fourth-order valence-corrected chi connectivity index (χ4v) is 3.78. The quantitative estimate of drug-likeness (QED) is 0.604. The Morgan fingerprint density at radius 2 is 1.74 bits per heavy atom. The molecule has 0 bridgehead atoms. The van der Waals surface area contributed by atoms with Gasteiger partial charge in [0.2, 0.25) is 5.82 Å². The number of nitrogens with one attached hydrogen (secondary N) is 1. The van der Waals surface area contributed by atoms with Gasteiger partial charge in [-0.15, -0.1) is 0 Å². The van der Waals surface area contributed by atoms with Crippen molar-refractivity contribution in [3.63, 3.8) is 0 Å². The van der Waals surface area contributed by atoms with Crippen LogP contribution in [0.25, 0.3) is 10.9 Å². The molecule has 0 unspecified atom stereocenters. The van der Waals surface area contributed by atoms with Gasteiger partial charge in [0.1, 0.15) is 11.6 Å². The van der Waals surface area contributed by atoms with E-state index in [0.29, 0.717) is 6.54 Å². The summed E-state index contributed by atoms with van der Waals surface area (Å²) in [5.74, 6) is -1.73. The van der Waals surface area contributed by atoms with E-state index in [1.54, 1.807) is 0 Å². The van der Waals surface area contributed by atoms with Gasteiger partial charge in [0.25, 0.3) is 0 Å². The number of hydrogen-bond donors (Lipinski definition) is 1. The Kier molecular flexibility index (Phi) is 5.55. The molecule has 4 nitrogen and oxygen atoms in total. The highest BCUT2D eigenvalue weighted by atomic mass is 19.4. The molecular weight excluding hydrogens is 360 g/mol. The largest absolute Gasteiger partial charge is 0.451 e. The van der Waals surface area contributed by atoms with Gasteiger partial charge in [-0.05, 0) is 45.1 Å². The Labute approximate surface area is 156 Å². The highest BCUT2D eigenvalue weighted by molar-refractivity contribution is 5.89. The zero-order valence-electron chi connectivity index (χ0n) is 15.5. The highest BCUT2D eigenvalue weighted by Gasteiger charge is 2.37. The summed E-state index contributed by atoms with van der Waals surface area (Å²) in [6.07, 6.45) is 1.72. The van der Waals surface area contributed by atoms with Crippen molar-refractivity contribution in [3.05, 3.63) is 29.8 Å². The van der Waals surface area contributed by atoms with E-state index in [-0.39, 0.29) is 22.3 Å². The van der Waals surface area contributed by atoms with E-state index in [9.17, 15) is 17.6 Å². The fourth-order valence-electron chi connectivity index (χ4n) is 3.78. The summed E-state index contributed by atoms with van der Waals surface area (Å²) in [6, 6.07) is 3.53. The first-order chi connectivity index (χ1) is 12.7. The van der Waals surface area contributed by atoms with Gasteiger partial charge in [-0.1, -0.05) is 25.7 Å². The van der Waals surface area contributed by atoms with E-state index < -0.39 is 17.8 Å². The number of alkyl halides is 3. The second-order valence-electron chi connectivity index (χ2n) is 7.44. The van der Waals surface area contributed by atoms with Gasteiger partial charge >= 0.3 is 6.18 Å². The monoisotopic (exact) mass is 384 g/mol. The Hall–Kier alpha value is -1.96. The minimum Gasteiger partial charge on any atom is -0.368 e. The van der Waals surface area contributed by atoms with Crippen molar-refractivity contribution >= 4 is 16.7 Å².